The first kappa shape index (κ1) is 21.1. The van der Waals surface area contributed by atoms with Crippen LogP contribution in [0.25, 0.3) is 11.4 Å². The number of aromatic nitrogens is 2. The molecule has 1 unspecified atom stereocenters. The monoisotopic (exact) mass is 445 g/mol. The molecule has 4 rings (SSSR count). The zero-order valence-corrected chi connectivity index (χ0v) is 18.0. The second-order valence-corrected chi connectivity index (χ2v) is 7.90. The summed E-state index contributed by atoms with van der Waals surface area (Å²) in [6.07, 6.45) is 0.203. The number of hydrogen-bond acceptors (Lipinski definition) is 6. The number of methoxy groups -OCH3 is 1. The van der Waals surface area contributed by atoms with Crippen LogP contribution in [0.15, 0.2) is 40.9 Å². The molecule has 1 amide bonds. The van der Waals surface area contributed by atoms with E-state index in [2.05, 4.69) is 10.1 Å². The van der Waals surface area contributed by atoms with Gasteiger partial charge in [-0.05, 0) is 50.2 Å². The van der Waals surface area contributed by atoms with Crippen LogP contribution < -0.4 is 14.4 Å². The third-order valence-corrected chi connectivity index (χ3v) is 5.20. The zero-order chi connectivity index (χ0) is 22.1. The van der Waals surface area contributed by atoms with Crippen molar-refractivity contribution in [1.29, 1.82) is 0 Å². The van der Waals surface area contributed by atoms with E-state index in [1.54, 1.807) is 19.2 Å². The van der Waals surface area contributed by atoms with Gasteiger partial charge in [-0.25, -0.2) is 4.39 Å². The van der Waals surface area contributed by atoms with E-state index in [1.165, 1.54) is 23.1 Å². The molecule has 0 radical (unpaired) electrons. The molecule has 0 aliphatic carbocycles. The molecule has 0 saturated carbocycles. The number of ether oxygens (including phenoxy) is 2. The molecule has 1 atom stereocenters. The van der Waals surface area contributed by atoms with E-state index in [4.69, 9.17) is 25.6 Å². The van der Waals surface area contributed by atoms with Crippen molar-refractivity contribution >= 4 is 23.2 Å². The third-order valence-electron chi connectivity index (χ3n) is 4.90. The maximum absolute atomic E-state index is 13.3. The fourth-order valence-electron chi connectivity index (χ4n) is 3.48. The molecule has 1 fully saturated rings. The number of hydrogen-bond donors (Lipinski definition) is 0. The summed E-state index contributed by atoms with van der Waals surface area (Å²) in [5.74, 6) is 1.03. The van der Waals surface area contributed by atoms with Gasteiger partial charge in [-0.15, -0.1) is 0 Å². The first-order chi connectivity index (χ1) is 14.9. The first-order valence-electron chi connectivity index (χ1n) is 9.79. The molecule has 3 aromatic rings. The Morgan fingerprint density at radius 1 is 1.23 bits per heavy atom. The standard InChI is InChI=1S/C22H21ClFN3O4/c1-12(2)30-18-7-4-13(8-19(18)29-3)21-25-22(31-26-21)14-9-20(28)27(11-14)17-6-5-15(24)10-16(17)23/h4-8,10,12,14H,9,11H2,1-3H3. The fourth-order valence-corrected chi connectivity index (χ4v) is 3.75. The van der Waals surface area contributed by atoms with Gasteiger partial charge in [-0.2, -0.15) is 4.98 Å². The maximum Gasteiger partial charge on any atom is 0.232 e. The van der Waals surface area contributed by atoms with Crippen molar-refractivity contribution in [3.63, 3.8) is 0 Å². The van der Waals surface area contributed by atoms with Gasteiger partial charge < -0.3 is 18.9 Å². The number of rotatable bonds is 6. The lowest BCUT2D eigenvalue weighted by Crippen LogP contribution is -2.24. The van der Waals surface area contributed by atoms with Gasteiger partial charge in [0.2, 0.25) is 17.6 Å². The van der Waals surface area contributed by atoms with Gasteiger partial charge in [0.25, 0.3) is 0 Å². The van der Waals surface area contributed by atoms with Crippen molar-refractivity contribution in [2.24, 2.45) is 0 Å². The van der Waals surface area contributed by atoms with Crippen LogP contribution in [0.1, 0.15) is 32.1 Å². The van der Waals surface area contributed by atoms with Crippen LogP contribution in [0, 0.1) is 5.82 Å². The number of benzene rings is 2. The van der Waals surface area contributed by atoms with Gasteiger partial charge in [-0.1, -0.05) is 16.8 Å². The highest BCUT2D eigenvalue weighted by molar-refractivity contribution is 6.33. The van der Waals surface area contributed by atoms with Crippen LogP contribution in [-0.2, 0) is 4.79 Å². The lowest BCUT2D eigenvalue weighted by Gasteiger charge is -2.17. The topological polar surface area (TPSA) is 77.7 Å². The van der Waals surface area contributed by atoms with Crippen LogP contribution in [0.2, 0.25) is 5.02 Å². The van der Waals surface area contributed by atoms with Gasteiger partial charge in [0.15, 0.2) is 11.5 Å². The molecule has 0 N–H and O–H groups in total. The summed E-state index contributed by atoms with van der Waals surface area (Å²) in [6, 6.07) is 9.33. The minimum atomic E-state index is -0.460. The van der Waals surface area contributed by atoms with Crippen molar-refractivity contribution < 1.29 is 23.2 Å². The Kier molecular flexibility index (Phi) is 5.82. The van der Waals surface area contributed by atoms with Gasteiger partial charge >= 0.3 is 0 Å². The second-order valence-electron chi connectivity index (χ2n) is 7.49. The SMILES string of the molecule is COc1cc(-c2noc(C3CC(=O)N(c4ccc(F)cc4Cl)C3)n2)ccc1OC(C)C. The predicted molar refractivity (Wildman–Crippen MR) is 113 cm³/mol. The summed E-state index contributed by atoms with van der Waals surface area (Å²) >= 11 is 6.12. The summed E-state index contributed by atoms with van der Waals surface area (Å²) in [6.45, 7) is 4.19. The van der Waals surface area contributed by atoms with E-state index in [0.29, 0.717) is 41.0 Å². The molecule has 31 heavy (non-hydrogen) atoms. The van der Waals surface area contributed by atoms with Crippen LogP contribution in [-0.4, -0.2) is 35.8 Å². The van der Waals surface area contributed by atoms with E-state index in [0.717, 1.165) is 0 Å². The van der Waals surface area contributed by atoms with Crippen LogP contribution in [0.3, 0.4) is 0 Å². The molecule has 2 heterocycles. The van der Waals surface area contributed by atoms with Crippen LogP contribution in [0.4, 0.5) is 10.1 Å². The molecule has 7 nitrogen and oxygen atoms in total. The number of amides is 1. The summed E-state index contributed by atoms with van der Waals surface area (Å²) < 4.78 is 29.9. The molecular weight excluding hydrogens is 425 g/mol. The van der Waals surface area contributed by atoms with Crippen molar-refractivity contribution in [2.75, 3.05) is 18.6 Å². The molecular formula is C22H21ClFN3O4. The quantitative estimate of drug-likeness (QED) is 0.540. The Balaban J connectivity index is 1.55. The Morgan fingerprint density at radius 3 is 2.74 bits per heavy atom. The lowest BCUT2D eigenvalue weighted by molar-refractivity contribution is -0.117. The minimum Gasteiger partial charge on any atom is -0.493 e. The van der Waals surface area contributed by atoms with Gasteiger partial charge in [0.1, 0.15) is 5.82 Å². The molecule has 0 spiro atoms. The zero-order valence-electron chi connectivity index (χ0n) is 17.3. The molecule has 1 aliphatic heterocycles. The minimum absolute atomic E-state index is 0.00832. The van der Waals surface area contributed by atoms with E-state index in [1.807, 2.05) is 19.9 Å². The normalized spacial score (nSPS) is 16.3. The Labute approximate surface area is 183 Å². The van der Waals surface area contributed by atoms with Crippen molar-refractivity contribution in [1.82, 2.24) is 10.1 Å². The van der Waals surface area contributed by atoms with Crippen molar-refractivity contribution in [3.8, 4) is 22.9 Å². The highest BCUT2D eigenvalue weighted by atomic mass is 35.5. The molecule has 162 valence electrons. The predicted octanol–water partition coefficient (Wildman–Crippen LogP) is 4.85. The highest BCUT2D eigenvalue weighted by Gasteiger charge is 2.36. The van der Waals surface area contributed by atoms with Crippen molar-refractivity contribution in [2.45, 2.75) is 32.3 Å². The molecule has 1 saturated heterocycles. The Bertz CT molecular complexity index is 1120. The molecule has 9 heteroatoms. The van der Waals surface area contributed by atoms with E-state index >= 15 is 0 Å². The molecule has 0 bridgehead atoms. The smallest absolute Gasteiger partial charge is 0.232 e. The average Bonchev–Trinajstić information content (AvgIpc) is 3.35. The summed E-state index contributed by atoms with van der Waals surface area (Å²) in [7, 11) is 1.56. The van der Waals surface area contributed by atoms with Crippen LogP contribution >= 0.6 is 11.6 Å². The summed E-state index contributed by atoms with van der Waals surface area (Å²) in [4.78, 5) is 18.5. The highest BCUT2D eigenvalue weighted by Crippen LogP contribution is 2.36. The van der Waals surface area contributed by atoms with Crippen molar-refractivity contribution in [3.05, 3.63) is 53.1 Å². The molecule has 1 aromatic heterocycles. The number of halogens is 2. The second kappa shape index (κ2) is 8.55. The summed E-state index contributed by atoms with van der Waals surface area (Å²) in [5, 5.41) is 4.24. The number of anilines is 1. The molecule has 1 aliphatic rings. The largest absolute Gasteiger partial charge is 0.493 e. The Hall–Kier alpha value is -3.13. The van der Waals surface area contributed by atoms with Gasteiger partial charge in [0.05, 0.1) is 29.8 Å². The number of nitrogens with zero attached hydrogens (tertiary/aromatic N) is 3. The van der Waals surface area contributed by atoms with Gasteiger partial charge in [-0.3, -0.25) is 4.79 Å². The van der Waals surface area contributed by atoms with Gasteiger partial charge in [0, 0.05) is 18.5 Å². The maximum atomic E-state index is 13.3. The average molecular weight is 446 g/mol. The van der Waals surface area contributed by atoms with E-state index < -0.39 is 5.82 Å². The summed E-state index contributed by atoms with van der Waals surface area (Å²) in [5.41, 5.74) is 1.16. The van der Waals surface area contributed by atoms with E-state index in [9.17, 15) is 9.18 Å². The number of carbonyl (C=O) groups excluding carboxylic acids is 1. The lowest BCUT2D eigenvalue weighted by atomic mass is 10.1. The first-order valence-corrected chi connectivity index (χ1v) is 10.2. The molecule has 2 aromatic carbocycles. The van der Waals surface area contributed by atoms with E-state index in [-0.39, 0.29) is 29.4 Å². The number of carbonyl (C=O) groups is 1. The fraction of sp³-hybridized carbons (Fsp3) is 0.318. The van der Waals surface area contributed by atoms with Crippen LogP contribution in [0.5, 0.6) is 11.5 Å². The Morgan fingerprint density at radius 2 is 2.03 bits per heavy atom. The third kappa shape index (κ3) is 4.34.